The van der Waals surface area contributed by atoms with Crippen LogP contribution in [0.25, 0.3) is 0 Å². The number of nitrogens with one attached hydrogen (secondary N) is 2. The van der Waals surface area contributed by atoms with Crippen LogP contribution in [0.4, 0.5) is 0 Å². The quantitative estimate of drug-likeness (QED) is 0.146. The minimum absolute atomic E-state index is 0.00757. The molecule has 13 fully saturated rings. The molecule has 29 unspecified atom stereocenters. The molecule has 1 heterocycles. The molecule has 0 aromatic heterocycles. The van der Waals surface area contributed by atoms with Crippen LogP contribution in [0.1, 0.15) is 113 Å². The standard InChI is InChI=1S/C19H26O4.C18H27NO3.C17H25NO3/c1-8-9(2)13-6-12(8)17-10-3-14(18(13)17)15(4-10)19(21)23-11-5-16(20)22-7-11;1-7-8(2)12-6-11(7)15-10-4-13(16(12)15)14(5-10)17(20)19-9(3)18(21)22;1-7-8(2)11-5-10(7)15-9-3-12(16(11)15)13(4-9)17(21)18-6-14(19)20/h8-15,17-18H,3-7H2,1-2H3;7-16H,4-6H2,1-3H3,(H,19,20)(H,21,22);7-13,15-16H,3-6H2,1-2H3,(H,18,21)(H,19,20). The summed E-state index contributed by atoms with van der Waals surface area (Å²) in [5, 5.41) is 23.0. The van der Waals surface area contributed by atoms with E-state index in [1.165, 1.54) is 38.5 Å². The van der Waals surface area contributed by atoms with E-state index in [4.69, 9.17) is 19.7 Å². The van der Waals surface area contributed by atoms with E-state index in [0.29, 0.717) is 17.8 Å². The Bertz CT molecular complexity index is 2010. The third kappa shape index (κ3) is 6.81. The fourth-order valence-corrected chi connectivity index (χ4v) is 21.0. The summed E-state index contributed by atoms with van der Waals surface area (Å²) < 4.78 is 10.5. The minimum Gasteiger partial charge on any atom is -0.480 e. The number of carbonyl (C=O) groups is 6. The van der Waals surface area contributed by atoms with Crippen molar-refractivity contribution in [1.82, 2.24) is 10.6 Å². The Balaban J connectivity index is 0.000000110. The smallest absolute Gasteiger partial charge is 0.325 e. The molecule has 29 atom stereocenters. The number of hydrogen-bond donors (Lipinski definition) is 4. The summed E-state index contributed by atoms with van der Waals surface area (Å²) in [6, 6.07) is -0.776. The molecule has 12 nitrogen and oxygen atoms in total. The van der Waals surface area contributed by atoms with Crippen molar-refractivity contribution in [3.63, 3.8) is 0 Å². The number of carboxylic acid groups (broad SMARTS) is 2. The van der Waals surface area contributed by atoms with E-state index in [1.807, 2.05) is 0 Å². The normalized spacial score (nSPS) is 53.9. The SMILES string of the molecule is CC(NC(=O)C1CC2CC1C1C3CC(C(C)C3C)C21)C(=O)O.CC1C(C)C2CC1C1C3CC(C(=O)NCC(=O)O)C(C3)C21.CC1C(C)C2CC1C1C3CC(C(=O)OC4COC(=O)C4)C(C3)C21. The number of carbonyl (C=O) groups excluding carboxylic acids is 4. The number of fused-ring (bicyclic) bond motifs is 27. The highest BCUT2D eigenvalue weighted by Crippen LogP contribution is 2.74. The molecule has 13 aliphatic rings. The van der Waals surface area contributed by atoms with Crippen LogP contribution in [0.5, 0.6) is 0 Å². The zero-order valence-electron chi connectivity index (χ0n) is 40.4. The monoisotopic (exact) mass is 915 g/mol. The van der Waals surface area contributed by atoms with Gasteiger partial charge in [0.25, 0.3) is 0 Å². The number of hydrogen-bond acceptors (Lipinski definition) is 8. The van der Waals surface area contributed by atoms with E-state index in [0.717, 1.165) is 144 Å². The van der Waals surface area contributed by atoms with Crippen molar-refractivity contribution >= 4 is 35.7 Å². The molecule has 1 aliphatic heterocycles. The van der Waals surface area contributed by atoms with Crippen molar-refractivity contribution in [3.05, 3.63) is 0 Å². The van der Waals surface area contributed by atoms with Crippen LogP contribution in [0.3, 0.4) is 0 Å². The average molecular weight is 915 g/mol. The van der Waals surface area contributed by atoms with Gasteiger partial charge in [-0.3, -0.25) is 28.8 Å². The van der Waals surface area contributed by atoms with Crippen LogP contribution < -0.4 is 10.6 Å². The lowest BCUT2D eigenvalue weighted by Crippen LogP contribution is -2.46. The Morgan fingerprint density at radius 3 is 1.35 bits per heavy atom. The second-order valence-corrected chi connectivity index (χ2v) is 25.4. The van der Waals surface area contributed by atoms with E-state index < -0.39 is 18.0 Å². The van der Waals surface area contributed by atoms with E-state index >= 15 is 0 Å². The Morgan fingerprint density at radius 2 is 0.955 bits per heavy atom. The number of cyclic esters (lactones) is 1. The highest BCUT2D eigenvalue weighted by atomic mass is 16.6. The molecule has 0 radical (unpaired) electrons. The van der Waals surface area contributed by atoms with Crippen LogP contribution >= 0.6 is 0 Å². The zero-order chi connectivity index (χ0) is 46.5. The number of rotatable bonds is 8. The second kappa shape index (κ2) is 16.5. The molecule has 0 aromatic rings. The van der Waals surface area contributed by atoms with Crippen molar-refractivity contribution < 1.29 is 48.5 Å². The molecule has 0 spiro atoms. The third-order valence-corrected chi connectivity index (χ3v) is 23.8. The summed E-state index contributed by atoms with van der Waals surface area (Å²) >= 11 is 0. The molecule has 1 saturated heterocycles. The van der Waals surface area contributed by atoms with E-state index in [1.54, 1.807) is 6.92 Å². The van der Waals surface area contributed by atoms with Crippen molar-refractivity contribution in [2.75, 3.05) is 13.2 Å². The first-order chi connectivity index (χ1) is 31.4. The number of aliphatic carboxylic acids is 2. The van der Waals surface area contributed by atoms with Gasteiger partial charge in [0.1, 0.15) is 25.3 Å². The summed E-state index contributed by atoms with van der Waals surface area (Å²) in [5.74, 6) is 16.8. The molecule has 364 valence electrons. The molecule has 0 aromatic carbocycles. The summed E-state index contributed by atoms with van der Waals surface area (Å²) in [7, 11) is 0. The maximum atomic E-state index is 12.6. The molecular weight excluding hydrogens is 837 g/mol. The van der Waals surface area contributed by atoms with Gasteiger partial charge in [-0.25, -0.2) is 0 Å². The maximum Gasteiger partial charge on any atom is 0.325 e. The first-order valence-electron chi connectivity index (χ1n) is 26.8. The molecule has 12 bridgehead atoms. The van der Waals surface area contributed by atoms with Crippen molar-refractivity contribution in [3.8, 4) is 0 Å². The first kappa shape index (κ1) is 45.3. The molecule has 12 saturated carbocycles. The molecule has 12 heteroatoms. The Morgan fingerprint density at radius 1 is 0.561 bits per heavy atom. The van der Waals surface area contributed by atoms with Gasteiger partial charge in [-0.1, -0.05) is 41.5 Å². The highest BCUT2D eigenvalue weighted by Gasteiger charge is 2.69. The van der Waals surface area contributed by atoms with Crippen LogP contribution in [0.2, 0.25) is 0 Å². The van der Waals surface area contributed by atoms with Crippen molar-refractivity contribution in [1.29, 1.82) is 0 Å². The van der Waals surface area contributed by atoms with Gasteiger partial charge in [-0.05, 0) is 207 Å². The van der Waals surface area contributed by atoms with E-state index in [2.05, 4.69) is 52.2 Å². The second-order valence-electron chi connectivity index (χ2n) is 25.4. The fraction of sp³-hybridized carbons (Fsp3) is 0.889. The lowest BCUT2D eigenvalue weighted by Gasteiger charge is -2.43. The summed E-state index contributed by atoms with van der Waals surface area (Å²) in [6.45, 7) is 16.1. The van der Waals surface area contributed by atoms with E-state index in [9.17, 15) is 28.8 Å². The van der Waals surface area contributed by atoms with Crippen LogP contribution in [-0.2, 0) is 38.2 Å². The molecular formula is C54H78N2O10. The Hall–Kier alpha value is -3.18. The lowest BCUT2D eigenvalue weighted by molar-refractivity contribution is -0.158. The van der Waals surface area contributed by atoms with Gasteiger partial charge in [-0.15, -0.1) is 0 Å². The van der Waals surface area contributed by atoms with E-state index in [-0.39, 0.29) is 67.2 Å². The summed E-state index contributed by atoms with van der Waals surface area (Å²) in [4.78, 5) is 70.2. The van der Waals surface area contributed by atoms with Gasteiger partial charge >= 0.3 is 23.9 Å². The van der Waals surface area contributed by atoms with Crippen LogP contribution in [-0.4, -0.2) is 71.2 Å². The topological polar surface area (TPSA) is 185 Å². The maximum absolute atomic E-state index is 12.6. The first-order valence-corrected chi connectivity index (χ1v) is 26.8. The summed E-state index contributed by atoms with van der Waals surface area (Å²) in [6.07, 6.45) is 10.7. The number of ether oxygens (including phenoxy) is 2. The number of amides is 2. The lowest BCUT2D eigenvalue weighted by atomic mass is 9.62. The largest absolute Gasteiger partial charge is 0.480 e. The van der Waals surface area contributed by atoms with Crippen molar-refractivity contribution in [2.24, 2.45) is 160 Å². The molecule has 13 rings (SSSR count). The average Bonchev–Trinajstić information content (AvgIpc) is 4.12. The van der Waals surface area contributed by atoms with Crippen LogP contribution in [0, 0.1) is 160 Å². The zero-order valence-corrected chi connectivity index (χ0v) is 40.4. The van der Waals surface area contributed by atoms with Gasteiger partial charge in [0.15, 0.2) is 0 Å². The molecule has 66 heavy (non-hydrogen) atoms. The predicted molar refractivity (Wildman–Crippen MR) is 241 cm³/mol. The molecule has 2 amide bonds. The van der Waals surface area contributed by atoms with Crippen molar-refractivity contribution in [2.45, 2.75) is 125 Å². The third-order valence-electron chi connectivity index (χ3n) is 23.8. The van der Waals surface area contributed by atoms with Gasteiger partial charge in [0.2, 0.25) is 11.8 Å². The van der Waals surface area contributed by atoms with Gasteiger partial charge in [0, 0.05) is 11.8 Å². The highest BCUT2D eigenvalue weighted by molar-refractivity contribution is 5.85. The Labute approximate surface area is 391 Å². The van der Waals surface area contributed by atoms with Gasteiger partial charge in [0.05, 0.1) is 12.3 Å². The number of esters is 2. The number of carboxylic acids is 2. The fourth-order valence-electron chi connectivity index (χ4n) is 21.0. The molecule has 12 aliphatic carbocycles. The minimum atomic E-state index is -0.952. The summed E-state index contributed by atoms with van der Waals surface area (Å²) in [5.41, 5.74) is 0. The Kier molecular flexibility index (Phi) is 11.3. The van der Waals surface area contributed by atoms with Crippen LogP contribution in [0.15, 0.2) is 0 Å². The predicted octanol–water partition coefficient (Wildman–Crippen LogP) is 7.04. The van der Waals surface area contributed by atoms with Gasteiger partial charge in [-0.2, -0.15) is 0 Å². The molecule has 4 N–H and O–H groups in total. The van der Waals surface area contributed by atoms with Gasteiger partial charge < -0.3 is 30.3 Å².